The monoisotopic (exact) mass is 337 g/mol. The molecule has 23 heavy (non-hydrogen) atoms. The van der Waals surface area contributed by atoms with E-state index < -0.39 is 6.17 Å². The zero-order chi connectivity index (χ0) is 16.2. The van der Waals surface area contributed by atoms with Crippen molar-refractivity contribution in [2.75, 3.05) is 18.4 Å². The molecule has 2 aromatic heterocycles. The summed E-state index contributed by atoms with van der Waals surface area (Å²) in [6, 6.07) is 0.0328. The van der Waals surface area contributed by atoms with Gasteiger partial charge < -0.3 is 9.88 Å². The second kappa shape index (κ2) is 7.18. The Morgan fingerprint density at radius 1 is 1.43 bits per heavy atom. The fourth-order valence-electron chi connectivity index (χ4n) is 2.87. The Bertz CT molecular complexity index is 689. The second-order valence-electron chi connectivity index (χ2n) is 5.59. The second-order valence-corrected chi connectivity index (χ2v) is 6.57. The van der Waals surface area contributed by atoms with Crippen LogP contribution in [0.25, 0.3) is 0 Å². The molecule has 2 aromatic rings. The van der Waals surface area contributed by atoms with Gasteiger partial charge in [-0.15, -0.1) is 11.3 Å². The van der Waals surface area contributed by atoms with Gasteiger partial charge in [0.25, 0.3) is 5.56 Å². The highest BCUT2D eigenvalue weighted by molar-refractivity contribution is 7.09. The van der Waals surface area contributed by atoms with Crippen molar-refractivity contribution in [3.05, 3.63) is 39.3 Å². The zero-order valence-electron chi connectivity index (χ0n) is 13.0. The summed E-state index contributed by atoms with van der Waals surface area (Å²) in [6.07, 6.45) is 4.66. The van der Waals surface area contributed by atoms with Crippen LogP contribution in [0.2, 0.25) is 0 Å². The zero-order valence-corrected chi connectivity index (χ0v) is 13.8. The Morgan fingerprint density at radius 2 is 2.30 bits per heavy atom. The molecule has 3 heterocycles. The van der Waals surface area contributed by atoms with Crippen molar-refractivity contribution in [2.45, 2.75) is 38.6 Å². The lowest BCUT2D eigenvalue weighted by molar-refractivity contribution is 0.241. The average Bonchev–Trinajstić information content (AvgIpc) is 3.16. The van der Waals surface area contributed by atoms with Gasteiger partial charge in [-0.05, 0) is 13.3 Å². The third kappa shape index (κ3) is 3.76. The molecule has 0 aromatic carbocycles. The Balaban J connectivity index is 1.65. The standard InChI is InChI=1S/C15H20FN5OS/c1-2-20-5-3-18-14(15(20)22)19-8-12-7-11(16)9-21(12)10-13-17-4-6-23-13/h3-6,11-12H,2,7-10H2,1H3,(H,18,19)/t11-,12-/m0/s1. The molecule has 0 spiro atoms. The van der Waals surface area contributed by atoms with Crippen LogP contribution < -0.4 is 10.9 Å². The molecule has 6 nitrogen and oxygen atoms in total. The van der Waals surface area contributed by atoms with Crippen LogP contribution in [-0.2, 0) is 13.1 Å². The highest BCUT2D eigenvalue weighted by Gasteiger charge is 2.32. The minimum absolute atomic E-state index is 0.0328. The molecule has 1 aliphatic rings. The van der Waals surface area contributed by atoms with Gasteiger partial charge in [0.05, 0.1) is 6.54 Å². The largest absolute Gasteiger partial charge is 0.364 e. The van der Waals surface area contributed by atoms with Crippen LogP contribution in [-0.4, -0.2) is 44.7 Å². The molecule has 0 radical (unpaired) electrons. The first-order valence-electron chi connectivity index (χ1n) is 7.73. The third-order valence-corrected chi connectivity index (χ3v) is 4.82. The number of aromatic nitrogens is 3. The summed E-state index contributed by atoms with van der Waals surface area (Å²) in [5.41, 5.74) is -0.142. The molecular weight excluding hydrogens is 317 g/mol. The Kier molecular flexibility index (Phi) is 5.02. The molecule has 1 saturated heterocycles. The number of nitrogens with one attached hydrogen (secondary N) is 1. The molecule has 1 fully saturated rings. The molecule has 1 N–H and O–H groups in total. The summed E-state index contributed by atoms with van der Waals surface area (Å²) in [5, 5.41) is 5.99. The number of hydrogen-bond donors (Lipinski definition) is 1. The lowest BCUT2D eigenvalue weighted by Crippen LogP contribution is -2.36. The van der Waals surface area contributed by atoms with Crippen molar-refractivity contribution in [2.24, 2.45) is 0 Å². The smallest absolute Gasteiger partial charge is 0.293 e. The van der Waals surface area contributed by atoms with E-state index in [1.807, 2.05) is 12.3 Å². The van der Waals surface area contributed by atoms with Crippen LogP contribution >= 0.6 is 11.3 Å². The predicted molar refractivity (Wildman–Crippen MR) is 88.5 cm³/mol. The number of nitrogens with zero attached hydrogens (tertiary/aromatic N) is 4. The lowest BCUT2D eigenvalue weighted by Gasteiger charge is -2.23. The van der Waals surface area contributed by atoms with Gasteiger partial charge in [0.15, 0.2) is 5.82 Å². The summed E-state index contributed by atoms with van der Waals surface area (Å²) in [6.45, 7) is 4.06. The van der Waals surface area contributed by atoms with E-state index in [9.17, 15) is 9.18 Å². The van der Waals surface area contributed by atoms with Crippen molar-refractivity contribution in [1.82, 2.24) is 19.4 Å². The maximum absolute atomic E-state index is 13.8. The average molecular weight is 337 g/mol. The van der Waals surface area contributed by atoms with E-state index in [-0.39, 0.29) is 11.6 Å². The Labute approximate surface area is 138 Å². The molecular formula is C15H20FN5OS. The van der Waals surface area contributed by atoms with E-state index in [1.165, 1.54) is 0 Å². The van der Waals surface area contributed by atoms with Gasteiger partial charge in [-0.25, -0.2) is 14.4 Å². The summed E-state index contributed by atoms with van der Waals surface area (Å²) in [4.78, 5) is 22.6. The first kappa shape index (κ1) is 16.1. The summed E-state index contributed by atoms with van der Waals surface area (Å²) in [7, 11) is 0. The number of thiazole rings is 1. The Hall–Kier alpha value is -1.80. The van der Waals surface area contributed by atoms with Gasteiger partial charge in [0, 0.05) is 49.6 Å². The quantitative estimate of drug-likeness (QED) is 0.870. The highest BCUT2D eigenvalue weighted by atomic mass is 32.1. The molecule has 0 amide bonds. The predicted octanol–water partition coefficient (Wildman–Crippen LogP) is 1.74. The van der Waals surface area contributed by atoms with E-state index in [1.54, 1.807) is 34.5 Å². The van der Waals surface area contributed by atoms with E-state index in [2.05, 4.69) is 20.2 Å². The maximum Gasteiger partial charge on any atom is 0.293 e. The minimum atomic E-state index is -0.835. The Morgan fingerprint density at radius 3 is 3.04 bits per heavy atom. The molecule has 1 aliphatic heterocycles. The highest BCUT2D eigenvalue weighted by Crippen LogP contribution is 2.23. The van der Waals surface area contributed by atoms with Gasteiger partial charge in [-0.1, -0.05) is 0 Å². The van der Waals surface area contributed by atoms with Crippen molar-refractivity contribution in [1.29, 1.82) is 0 Å². The minimum Gasteiger partial charge on any atom is -0.364 e. The molecule has 8 heteroatoms. The van der Waals surface area contributed by atoms with E-state index in [0.717, 1.165) is 5.01 Å². The van der Waals surface area contributed by atoms with Gasteiger partial charge in [-0.2, -0.15) is 0 Å². The number of halogens is 1. The van der Waals surface area contributed by atoms with Crippen molar-refractivity contribution in [3.8, 4) is 0 Å². The van der Waals surface area contributed by atoms with Crippen molar-refractivity contribution >= 4 is 17.2 Å². The lowest BCUT2D eigenvalue weighted by atomic mass is 10.2. The maximum atomic E-state index is 13.8. The molecule has 0 unspecified atom stereocenters. The van der Waals surface area contributed by atoms with Gasteiger partial charge in [0.2, 0.25) is 0 Å². The molecule has 2 atom stereocenters. The van der Waals surface area contributed by atoms with E-state index in [4.69, 9.17) is 0 Å². The topological polar surface area (TPSA) is 63.1 Å². The SMILES string of the molecule is CCn1ccnc(NC[C@@H]2C[C@H](F)CN2Cc2nccs2)c1=O. The van der Waals surface area contributed by atoms with Crippen LogP contribution in [0.4, 0.5) is 10.2 Å². The first-order valence-corrected chi connectivity index (χ1v) is 8.61. The van der Waals surface area contributed by atoms with Gasteiger partial charge in [0.1, 0.15) is 11.2 Å². The summed E-state index contributed by atoms with van der Waals surface area (Å²) in [5.74, 6) is 0.325. The molecule has 0 aliphatic carbocycles. The molecule has 0 saturated carbocycles. The van der Waals surface area contributed by atoms with Crippen LogP contribution in [0, 0.1) is 0 Å². The van der Waals surface area contributed by atoms with Gasteiger partial charge >= 0.3 is 0 Å². The number of hydrogen-bond acceptors (Lipinski definition) is 6. The fraction of sp³-hybridized carbons (Fsp3) is 0.533. The fourth-order valence-corrected chi connectivity index (χ4v) is 3.51. The van der Waals surface area contributed by atoms with E-state index >= 15 is 0 Å². The van der Waals surface area contributed by atoms with Crippen LogP contribution in [0.1, 0.15) is 18.4 Å². The molecule has 0 bridgehead atoms. The molecule has 124 valence electrons. The number of aryl methyl sites for hydroxylation is 1. The van der Waals surface area contributed by atoms with Crippen molar-refractivity contribution < 1.29 is 4.39 Å². The third-order valence-electron chi connectivity index (χ3n) is 4.06. The normalized spacial score (nSPS) is 21.7. The number of alkyl halides is 1. The van der Waals surface area contributed by atoms with Crippen LogP contribution in [0.3, 0.4) is 0 Å². The molecule has 3 rings (SSSR count). The van der Waals surface area contributed by atoms with Crippen LogP contribution in [0.15, 0.2) is 28.8 Å². The van der Waals surface area contributed by atoms with E-state index in [0.29, 0.717) is 38.4 Å². The summed E-state index contributed by atoms with van der Waals surface area (Å²) >= 11 is 1.57. The number of anilines is 1. The summed E-state index contributed by atoms with van der Waals surface area (Å²) < 4.78 is 15.4. The van der Waals surface area contributed by atoms with Crippen molar-refractivity contribution in [3.63, 3.8) is 0 Å². The first-order chi connectivity index (χ1) is 11.2. The number of likely N-dealkylation sites (tertiary alicyclic amines) is 1. The van der Waals surface area contributed by atoms with Crippen LogP contribution in [0.5, 0.6) is 0 Å². The van der Waals surface area contributed by atoms with Gasteiger partial charge in [-0.3, -0.25) is 9.69 Å². The number of rotatable bonds is 6.